The average Bonchev–Trinajstić information content (AvgIpc) is 3.23. The van der Waals surface area contributed by atoms with E-state index >= 15 is 0 Å². The van der Waals surface area contributed by atoms with Crippen molar-refractivity contribution in [1.82, 2.24) is 24.9 Å². The van der Waals surface area contributed by atoms with Crippen molar-refractivity contribution in [3.63, 3.8) is 0 Å². The van der Waals surface area contributed by atoms with Crippen molar-refractivity contribution in [2.75, 3.05) is 31.5 Å². The lowest BCUT2D eigenvalue weighted by atomic mass is 9.88. The van der Waals surface area contributed by atoms with Gasteiger partial charge in [0.15, 0.2) is 0 Å². The van der Waals surface area contributed by atoms with Gasteiger partial charge in [0.1, 0.15) is 5.82 Å². The van der Waals surface area contributed by atoms with Crippen molar-refractivity contribution >= 4 is 5.82 Å². The van der Waals surface area contributed by atoms with Crippen LogP contribution < -0.4 is 5.32 Å². The second-order valence-electron chi connectivity index (χ2n) is 10.4. The summed E-state index contributed by atoms with van der Waals surface area (Å²) in [7, 11) is 1.93. The highest BCUT2D eigenvalue weighted by Gasteiger charge is 2.54. The molecule has 0 aromatic carbocycles. The highest BCUT2D eigenvalue weighted by molar-refractivity contribution is 5.61. The summed E-state index contributed by atoms with van der Waals surface area (Å²) < 4.78 is 1.82. The van der Waals surface area contributed by atoms with Gasteiger partial charge in [0.2, 0.25) is 0 Å². The molecule has 1 N–H and O–H groups in total. The van der Waals surface area contributed by atoms with E-state index < -0.39 is 0 Å². The highest BCUT2D eigenvalue weighted by atomic mass is 15.3. The molecule has 1 unspecified atom stereocenters. The summed E-state index contributed by atoms with van der Waals surface area (Å²) in [5.41, 5.74) is 3.94. The Labute approximate surface area is 175 Å². The second kappa shape index (κ2) is 7.71. The summed E-state index contributed by atoms with van der Waals surface area (Å²) in [6.45, 7) is 13.8. The number of likely N-dealkylation sites (tertiary alicyclic amines) is 1. The summed E-state index contributed by atoms with van der Waals surface area (Å²) in [5.74, 6) is 1.66. The molecule has 4 rings (SSSR count). The smallest absolute Gasteiger partial charge is 0.148 e. The Bertz CT molecular complexity index is 824. The molecule has 29 heavy (non-hydrogen) atoms. The minimum absolute atomic E-state index is 0.438. The Kier molecular flexibility index (Phi) is 5.40. The van der Waals surface area contributed by atoms with Crippen LogP contribution in [-0.4, -0.2) is 51.1 Å². The van der Waals surface area contributed by atoms with Crippen LogP contribution in [-0.2, 0) is 7.05 Å². The predicted octanol–water partition coefficient (Wildman–Crippen LogP) is 4.14. The molecule has 6 heteroatoms. The van der Waals surface area contributed by atoms with Crippen molar-refractivity contribution in [3.05, 3.63) is 24.0 Å². The zero-order valence-electron chi connectivity index (χ0n) is 18.7. The summed E-state index contributed by atoms with van der Waals surface area (Å²) in [5, 5.41) is 16.7. The summed E-state index contributed by atoms with van der Waals surface area (Å²) >= 11 is 0. The van der Waals surface area contributed by atoms with Crippen LogP contribution in [0.1, 0.15) is 52.1 Å². The number of nitrogens with one attached hydrogen (secondary N) is 1. The molecular weight excluding hydrogens is 360 g/mol. The van der Waals surface area contributed by atoms with E-state index in [2.05, 4.69) is 46.3 Å². The number of hydrogen-bond acceptors (Lipinski definition) is 5. The molecule has 0 radical (unpaired) electrons. The molecule has 1 saturated heterocycles. The molecule has 0 amide bonds. The number of hydrogen-bond donors (Lipinski definition) is 1. The summed E-state index contributed by atoms with van der Waals surface area (Å²) in [6, 6.07) is 4.08. The monoisotopic (exact) mass is 396 g/mol. The van der Waals surface area contributed by atoms with Gasteiger partial charge in [-0.3, -0.25) is 4.68 Å². The van der Waals surface area contributed by atoms with E-state index in [4.69, 9.17) is 0 Å². The molecule has 6 nitrogen and oxygen atoms in total. The molecule has 2 aromatic rings. The Hall–Kier alpha value is -1.95. The molecular formula is C23H36N6. The zero-order valence-corrected chi connectivity index (χ0v) is 18.7. The van der Waals surface area contributed by atoms with Gasteiger partial charge in [-0.1, -0.05) is 20.8 Å². The molecule has 0 bridgehead atoms. The van der Waals surface area contributed by atoms with Gasteiger partial charge in [0, 0.05) is 25.4 Å². The first-order chi connectivity index (χ1) is 13.7. The molecule has 158 valence electrons. The predicted molar refractivity (Wildman–Crippen MR) is 118 cm³/mol. The molecule has 2 aliphatic rings. The van der Waals surface area contributed by atoms with Crippen LogP contribution in [0, 0.1) is 23.7 Å². The van der Waals surface area contributed by atoms with Crippen molar-refractivity contribution < 1.29 is 0 Å². The van der Waals surface area contributed by atoms with Crippen LogP contribution in [0.25, 0.3) is 11.3 Å². The van der Waals surface area contributed by atoms with Gasteiger partial charge in [-0.05, 0) is 81.1 Å². The number of nitrogens with zero attached hydrogens (tertiary/aromatic N) is 5. The first-order valence-electron chi connectivity index (χ1n) is 11.0. The molecule has 1 aliphatic heterocycles. The quantitative estimate of drug-likeness (QED) is 0.795. The second-order valence-corrected chi connectivity index (χ2v) is 10.4. The van der Waals surface area contributed by atoms with Crippen molar-refractivity contribution in [2.24, 2.45) is 23.8 Å². The number of aryl methyl sites for hydroxylation is 2. The Morgan fingerprint density at radius 2 is 1.93 bits per heavy atom. The SMILES string of the molecule is Cc1nn(C)cc1-c1ccc(NCC2CC23CCN(CCC(C)(C)C)CC3)nn1. The van der Waals surface area contributed by atoms with Gasteiger partial charge < -0.3 is 10.2 Å². The van der Waals surface area contributed by atoms with Gasteiger partial charge >= 0.3 is 0 Å². The zero-order chi connectivity index (χ0) is 20.6. The fourth-order valence-corrected chi connectivity index (χ4v) is 4.70. The Balaban J connectivity index is 1.24. The van der Waals surface area contributed by atoms with Crippen molar-refractivity contribution in [2.45, 2.75) is 53.4 Å². The average molecular weight is 397 g/mol. The number of aromatic nitrogens is 4. The first-order valence-corrected chi connectivity index (χ1v) is 11.0. The summed E-state index contributed by atoms with van der Waals surface area (Å²) in [4.78, 5) is 2.67. The third-order valence-corrected chi connectivity index (χ3v) is 6.87. The van der Waals surface area contributed by atoms with E-state index in [1.165, 1.54) is 45.3 Å². The molecule has 2 fully saturated rings. The molecule has 2 aromatic heterocycles. The van der Waals surface area contributed by atoms with Gasteiger partial charge in [-0.2, -0.15) is 5.10 Å². The van der Waals surface area contributed by atoms with E-state index in [1.807, 2.05) is 37.0 Å². The van der Waals surface area contributed by atoms with Crippen LogP contribution in [0.3, 0.4) is 0 Å². The molecule has 3 heterocycles. The number of rotatable bonds is 6. The lowest BCUT2D eigenvalue weighted by Gasteiger charge is -2.34. The number of anilines is 1. The van der Waals surface area contributed by atoms with Crippen LogP contribution >= 0.6 is 0 Å². The molecule has 1 aliphatic carbocycles. The lowest BCUT2D eigenvalue weighted by Crippen LogP contribution is -2.37. The van der Waals surface area contributed by atoms with Crippen LogP contribution in [0.5, 0.6) is 0 Å². The van der Waals surface area contributed by atoms with Crippen LogP contribution in [0.4, 0.5) is 5.82 Å². The Morgan fingerprint density at radius 3 is 2.52 bits per heavy atom. The third kappa shape index (κ3) is 4.80. The van der Waals surface area contributed by atoms with E-state index in [0.717, 1.165) is 35.2 Å². The maximum Gasteiger partial charge on any atom is 0.148 e. The minimum Gasteiger partial charge on any atom is -0.368 e. The maximum atomic E-state index is 4.40. The third-order valence-electron chi connectivity index (χ3n) is 6.87. The molecule has 1 spiro atoms. The van der Waals surface area contributed by atoms with E-state index in [9.17, 15) is 0 Å². The fourth-order valence-electron chi connectivity index (χ4n) is 4.70. The molecule has 1 atom stereocenters. The fraction of sp³-hybridized carbons (Fsp3) is 0.696. The van der Waals surface area contributed by atoms with Gasteiger partial charge in [0.25, 0.3) is 0 Å². The van der Waals surface area contributed by atoms with E-state index in [-0.39, 0.29) is 0 Å². The standard InChI is InChI=1S/C23H36N6/c1-17-19(16-28(5)27-17)20-6-7-21(26-25-20)24-15-18-14-23(18)9-12-29(13-10-23)11-8-22(2,3)4/h6-7,16,18H,8-15H2,1-5H3,(H,24,26). The van der Waals surface area contributed by atoms with Gasteiger partial charge in [-0.25, -0.2) is 0 Å². The van der Waals surface area contributed by atoms with Gasteiger partial charge in [-0.15, -0.1) is 10.2 Å². The van der Waals surface area contributed by atoms with Crippen molar-refractivity contribution in [3.8, 4) is 11.3 Å². The normalized spacial score (nSPS) is 21.5. The van der Waals surface area contributed by atoms with Crippen LogP contribution in [0.15, 0.2) is 18.3 Å². The highest BCUT2D eigenvalue weighted by Crippen LogP contribution is 2.59. The maximum absolute atomic E-state index is 4.40. The summed E-state index contributed by atoms with van der Waals surface area (Å²) in [6.07, 6.45) is 7.36. The first kappa shape index (κ1) is 20.3. The minimum atomic E-state index is 0.438. The van der Waals surface area contributed by atoms with E-state index in [1.54, 1.807) is 0 Å². The van der Waals surface area contributed by atoms with Crippen LogP contribution in [0.2, 0.25) is 0 Å². The largest absolute Gasteiger partial charge is 0.368 e. The van der Waals surface area contributed by atoms with Gasteiger partial charge in [0.05, 0.1) is 11.4 Å². The van der Waals surface area contributed by atoms with Crippen molar-refractivity contribution in [1.29, 1.82) is 0 Å². The molecule has 1 saturated carbocycles. The lowest BCUT2D eigenvalue weighted by molar-refractivity contribution is 0.147. The number of piperidine rings is 1. The Morgan fingerprint density at radius 1 is 1.17 bits per heavy atom. The van der Waals surface area contributed by atoms with E-state index in [0.29, 0.717) is 10.8 Å². The topological polar surface area (TPSA) is 58.9 Å².